The van der Waals surface area contributed by atoms with E-state index in [9.17, 15) is 0 Å². The zero-order valence-corrected chi connectivity index (χ0v) is 27.7. The van der Waals surface area contributed by atoms with Crippen LogP contribution in [0.25, 0.3) is 87.6 Å². The standard InChI is InChI=1S/C49H34/c1-49(2)44-22-11-10-19-39(44)43-29-35-24-23-34(28-37(35)30-45(43)49)33-16-12-17-36(27-33)46-40-20-8-9-21-41(40)47(32-14-4-3-5-15-32)48-38-18-7-6-13-31(38)25-26-42(46)48/h3-30H,1-2H3. The Balaban J connectivity index is 1.19. The number of hydrogen-bond acceptors (Lipinski definition) is 0. The summed E-state index contributed by atoms with van der Waals surface area (Å²) < 4.78 is 0. The van der Waals surface area contributed by atoms with E-state index in [1.165, 1.54) is 98.7 Å². The normalized spacial score (nSPS) is 13.3. The lowest BCUT2D eigenvalue weighted by Gasteiger charge is -2.21. The third-order valence-electron chi connectivity index (χ3n) is 11.0. The number of benzene rings is 9. The van der Waals surface area contributed by atoms with Crippen molar-refractivity contribution in [3.05, 3.63) is 181 Å². The van der Waals surface area contributed by atoms with Crippen LogP contribution in [0.4, 0.5) is 0 Å². The summed E-state index contributed by atoms with van der Waals surface area (Å²) in [5.74, 6) is 0. The fourth-order valence-electron chi connectivity index (χ4n) is 8.64. The predicted molar refractivity (Wildman–Crippen MR) is 210 cm³/mol. The third-order valence-corrected chi connectivity index (χ3v) is 11.0. The Bertz CT molecular complexity index is 2780. The first kappa shape index (κ1) is 28.1. The lowest BCUT2D eigenvalue weighted by atomic mass is 9.81. The molecule has 0 nitrogen and oxygen atoms in total. The van der Waals surface area contributed by atoms with Crippen LogP contribution in [-0.4, -0.2) is 0 Å². The molecule has 9 aromatic carbocycles. The first-order valence-electron chi connectivity index (χ1n) is 17.3. The van der Waals surface area contributed by atoms with Gasteiger partial charge in [-0.2, -0.15) is 0 Å². The van der Waals surface area contributed by atoms with Crippen LogP contribution in [0, 0.1) is 0 Å². The number of hydrogen-bond donors (Lipinski definition) is 0. The summed E-state index contributed by atoms with van der Waals surface area (Å²) in [4.78, 5) is 0. The Labute approximate surface area is 286 Å². The van der Waals surface area contributed by atoms with Crippen molar-refractivity contribution in [1.82, 2.24) is 0 Å². The van der Waals surface area contributed by atoms with Gasteiger partial charge in [-0.3, -0.25) is 0 Å². The average molecular weight is 623 g/mol. The summed E-state index contributed by atoms with van der Waals surface area (Å²) in [6.07, 6.45) is 0. The lowest BCUT2D eigenvalue weighted by Crippen LogP contribution is -2.14. The summed E-state index contributed by atoms with van der Waals surface area (Å²) in [5, 5.41) is 10.3. The molecule has 0 aliphatic heterocycles. The van der Waals surface area contributed by atoms with Crippen molar-refractivity contribution in [2.75, 3.05) is 0 Å². The van der Waals surface area contributed by atoms with E-state index in [0.29, 0.717) is 0 Å². The van der Waals surface area contributed by atoms with Crippen LogP contribution in [0.5, 0.6) is 0 Å². The topological polar surface area (TPSA) is 0 Å². The Morgan fingerprint density at radius 1 is 0.327 bits per heavy atom. The molecule has 9 aromatic rings. The highest BCUT2D eigenvalue weighted by Gasteiger charge is 2.35. The van der Waals surface area contributed by atoms with Gasteiger partial charge in [-0.05, 0) is 123 Å². The van der Waals surface area contributed by atoms with Gasteiger partial charge in [-0.25, -0.2) is 0 Å². The van der Waals surface area contributed by atoms with E-state index in [-0.39, 0.29) is 5.41 Å². The van der Waals surface area contributed by atoms with Gasteiger partial charge >= 0.3 is 0 Å². The van der Waals surface area contributed by atoms with Crippen LogP contribution in [0.3, 0.4) is 0 Å². The van der Waals surface area contributed by atoms with Gasteiger partial charge < -0.3 is 0 Å². The quantitative estimate of drug-likeness (QED) is 0.136. The molecule has 0 unspecified atom stereocenters. The fourth-order valence-corrected chi connectivity index (χ4v) is 8.64. The molecular weight excluding hydrogens is 589 g/mol. The van der Waals surface area contributed by atoms with Crippen molar-refractivity contribution >= 4 is 43.1 Å². The highest BCUT2D eigenvalue weighted by Crippen LogP contribution is 2.50. The van der Waals surface area contributed by atoms with Crippen molar-refractivity contribution in [3.8, 4) is 44.5 Å². The first-order chi connectivity index (χ1) is 24.1. The molecule has 0 bridgehead atoms. The van der Waals surface area contributed by atoms with Gasteiger partial charge in [-0.15, -0.1) is 0 Å². The molecule has 49 heavy (non-hydrogen) atoms. The Morgan fingerprint density at radius 3 is 1.84 bits per heavy atom. The fraction of sp³-hybridized carbons (Fsp3) is 0.0612. The number of fused-ring (bicyclic) bond motifs is 8. The molecule has 1 aliphatic rings. The van der Waals surface area contributed by atoms with Gasteiger partial charge in [0.15, 0.2) is 0 Å². The molecule has 0 fully saturated rings. The van der Waals surface area contributed by atoms with Crippen LogP contribution in [-0.2, 0) is 5.41 Å². The maximum absolute atomic E-state index is 2.44. The minimum absolute atomic E-state index is 0.0196. The van der Waals surface area contributed by atoms with E-state index < -0.39 is 0 Å². The van der Waals surface area contributed by atoms with Crippen LogP contribution in [0.2, 0.25) is 0 Å². The monoisotopic (exact) mass is 622 g/mol. The summed E-state index contributed by atoms with van der Waals surface area (Å²) in [6, 6.07) is 63.2. The summed E-state index contributed by atoms with van der Waals surface area (Å²) in [5.41, 5.74) is 13.1. The van der Waals surface area contributed by atoms with E-state index in [2.05, 4.69) is 184 Å². The SMILES string of the molecule is CC1(C)c2ccccc2-c2cc3ccc(-c4cccc(-c5c6ccccc6c(-c6ccccc6)c6c5ccc5ccccc56)c4)cc3cc21. The van der Waals surface area contributed by atoms with Crippen LogP contribution in [0.1, 0.15) is 25.0 Å². The van der Waals surface area contributed by atoms with Gasteiger partial charge in [0, 0.05) is 5.41 Å². The average Bonchev–Trinajstić information content (AvgIpc) is 3.38. The second-order valence-corrected chi connectivity index (χ2v) is 14.1. The minimum atomic E-state index is -0.0196. The van der Waals surface area contributed by atoms with Crippen molar-refractivity contribution in [2.45, 2.75) is 19.3 Å². The molecule has 0 N–H and O–H groups in total. The summed E-state index contributed by atoms with van der Waals surface area (Å²) in [6.45, 7) is 4.72. The van der Waals surface area contributed by atoms with E-state index in [4.69, 9.17) is 0 Å². The maximum atomic E-state index is 2.44. The molecule has 10 rings (SSSR count). The third kappa shape index (κ3) is 4.17. The molecule has 0 saturated carbocycles. The molecule has 0 radical (unpaired) electrons. The van der Waals surface area contributed by atoms with Crippen LogP contribution >= 0.6 is 0 Å². The van der Waals surface area contributed by atoms with Gasteiger partial charge in [0.2, 0.25) is 0 Å². The van der Waals surface area contributed by atoms with Crippen molar-refractivity contribution < 1.29 is 0 Å². The van der Waals surface area contributed by atoms with Gasteiger partial charge in [0.1, 0.15) is 0 Å². The minimum Gasteiger partial charge on any atom is -0.0622 e. The molecule has 0 atom stereocenters. The molecule has 0 spiro atoms. The summed E-state index contributed by atoms with van der Waals surface area (Å²) >= 11 is 0. The van der Waals surface area contributed by atoms with Crippen LogP contribution in [0.15, 0.2) is 170 Å². The second-order valence-electron chi connectivity index (χ2n) is 14.1. The van der Waals surface area contributed by atoms with Crippen molar-refractivity contribution in [1.29, 1.82) is 0 Å². The van der Waals surface area contributed by atoms with Gasteiger partial charge in [-0.1, -0.05) is 159 Å². The second kappa shape index (κ2) is 10.5. The zero-order valence-electron chi connectivity index (χ0n) is 27.7. The smallest absolute Gasteiger partial charge is 0.0159 e. The zero-order chi connectivity index (χ0) is 32.7. The maximum Gasteiger partial charge on any atom is 0.0159 e. The van der Waals surface area contributed by atoms with Crippen molar-refractivity contribution in [3.63, 3.8) is 0 Å². The first-order valence-corrected chi connectivity index (χ1v) is 17.3. The molecule has 0 aromatic heterocycles. The lowest BCUT2D eigenvalue weighted by molar-refractivity contribution is 0.661. The van der Waals surface area contributed by atoms with E-state index in [1.807, 2.05) is 0 Å². The Kier molecular flexibility index (Phi) is 6.02. The van der Waals surface area contributed by atoms with Gasteiger partial charge in [0.25, 0.3) is 0 Å². The Hall–Kier alpha value is -5.98. The van der Waals surface area contributed by atoms with E-state index >= 15 is 0 Å². The highest BCUT2D eigenvalue weighted by molar-refractivity contribution is 6.28. The van der Waals surface area contributed by atoms with E-state index in [1.54, 1.807) is 0 Å². The van der Waals surface area contributed by atoms with Crippen molar-refractivity contribution in [2.24, 2.45) is 0 Å². The van der Waals surface area contributed by atoms with Gasteiger partial charge in [0.05, 0.1) is 0 Å². The highest BCUT2D eigenvalue weighted by atomic mass is 14.4. The largest absolute Gasteiger partial charge is 0.0622 e. The molecule has 0 heterocycles. The number of rotatable bonds is 3. The summed E-state index contributed by atoms with van der Waals surface area (Å²) in [7, 11) is 0. The molecule has 230 valence electrons. The molecule has 0 saturated heterocycles. The van der Waals surface area contributed by atoms with Crippen LogP contribution < -0.4 is 0 Å². The molecule has 0 heteroatoms. The predicted octanol–water partition coefficient (Wildman–Crippen LogP) is 13.6. The van der Waals surface area contributed by atoms with E-state index in [0.717, 1.165) is 0 Å². The molecule has 0 amide bonds. The molecule has 1 aliphatic carbocycles. The Morgan fingerprint density at radius 2 is 0.980 bits per heavy atom. The molecular formula is C49H34.